The molecule has 0 aliphatic carbocycles. The number of halogens is 1. The Morgan fingerprint density at radius 3 is 2.92 bits per heavy atom. The molecule has 70 valence electrons. The van der Waals surface area contributed by atoms with Crippen molar-refractivity contribution in [3.05, 3.63) is 35.1 Å². The van der Waals surface area contributed by atoms with Crippen LogP contribution in [0.2, 0.25) is 0 Å². The fourth-order valence-electron chi connectivity index (χ4n) is 1.89. The maximum absolute atomic E-state index is 12.9. The Labute approximate surface area is 78.0 Å². The molecule has 0 amide bonds. The molecule has 2 heteroatoms. The van der Waals surface area contributed by atoms with Gasteiger partial charge in [-0.25, -0.2) is 4.39 Å². The van der Waals surface area contributed by atoms with Gasteiger partial charge in [-0.2, -0.15) is 0 Å². The van der Waals surface area contributed by atoms with Gasteiger partial charge >= 0.3 is 0 Å². The summed E-state index contributed by atoms with van der Waals surface area (Å²) < 4.78 is 12.9. The average Bonchev–Trinajstić information content (AvgIpc) is 2.12. The summed E-state index contributed by atoms with van der Waals surface area (Å²) in [6.07, 6.45) is 0. The first-order chi connectivity index (χ1) is 6.18. The van der Waals surface area contributed by atoms with Crippen molar-refractivity contribution < 1.29 is 4.39 Å². The maximum Gasteiger partial charge on any atom is 0.123 e. The third-order valence-corrected chi connectivity index (χ3v) is 2.96. The minimum Gasteiger partial charge on any atom is -0.310 e. The van der Waals surface area contributed by atoms with Crippen LogP contribution in [-0.2, 0) is 6.54 Å². The molecule has 2 atom stereocenters. The number of hydrogen-bond acceptors (Lipinski definition) is 1. The summed E-state index contributed by atoms with van der Waals surface area (Å²) in [5, 5.41) is 3.35. The van der Waals surface area contributed by atoms with Gasteiger partial charge in [-0.15, -0.1) is 0 Å². The zero-order chi connectivity index (χ0) is 9.42. The van der Waals surface area contributed by atoms with E-state index in [1.807, 2.05) is 6.07 Å². The SMILES string of the molecule is CC1NCc2cc(F)ccc2C1C. The van der Waals surface area contributed by atoms with Crippen LogP contribution in [0.3, 0.4) is 0 Å². The van der Waals surface area contributed by atoms with Gasteiger partial charge in [0.05, 0.1) is 0 Å². The van der Waals surface area contributed by atoms with Crippen LogP contribution >= 0.6 is 0 Å². The number of benzene rings is 1. The normalized spacial score (nSPS) is 27.0. The predicted octanol–water partition coefficient (Wildman–Crippen LogP) is 2.42. The van der Waals surface area contributed by atoms with Crippen LogP contribution in [0.1, 0.15) is 30.9 Å². The molecule has 0 spiro atoms. The molecule has 1 aliphatic heterocycles. The third-order valence-electron chi connectivity index (χ3n) is 2.96. The van der Waals surface area contributed by atoms with Crippen molar-refractivity contribution in [2.24, 2.45) is 0 Å². The van der Waals surface area contributed by atoms with Crippen LogP contribution in [0.15, 0.2) is 18.2 Å². The van der Waals surface area contributed by atoms with E-state index < -0.39 is 0 Å². The van der Waals surface area contributed by atoms with Crippen LogP contribution in [0, 0.1) is 5.82 Å². The van der Waals surface area contributed by atoms with Crippen molar-refractivity contribution in [3.8, 4) is 0 Å². The lowest BCUT2D eigenvalue weighted by molar-refractivity contribution is 0.446. The zero-order valence-electron chi connectivity index (χ0n) is 7.97. The van der Waals surface area contributed by atoms with Gasteiger partial charge in [-0.05, 0) is 36.1 Å². The molecule has 1 nitrogen and oxygen atoms in total. The number of hydrogen-bond donors (Lipinski definition) is 1. The molecule has 0 bridgehead atoms. The topological polar surface area (TPSA) is 12.0 Å². The van der Waals surface area contributed by atoms with Crippen LogP contribution in [0.4, 0.5) is 4.39 Å². The van der Waals surface area contributed by atoms with Crippen molar-refractivity contribution in [1.29, 1.82) is 0 Å². The van der Waals surface area contributed by atoms with Crippen molar-refractivity contribution >= 4 is 0 Å². The van der Waals surface area contributed by atoms with Gasteiger partial charge in [-0.1, -0.05) is 13.0 Å². The maximum atomic E-state index is 12.9. The zero-order valence-corrected chi connectivity index (χ0v) is 7.97. The van der Waals surface area contributed by atoms with Gasteiger partial charge in [0.25, 0.3) is 0 Å². The quantitative estimate of drug-likeness (QED) is 0.645. The van der Waals surface area contributed by atoms with E-state index >= 15 is 0 Å². The number of fused-ring (bicyclic) bond motifs is 1. The molecule has 0 radical (unpaired) electrons. The molecule has 1 aromatic carbocycles. The Morgan fingerprint density at radius 2 is 2.15 bits per heavy atom. The molecule has 13 heavy (non-hydrogen) atoms. The van der Waals surface area contributed by atoms with Crippen molar-refractivity contribution in [2.45, 2.75) is 32.4 Å². The highest BCUT2D eigenvalue weighted by atomic mass is 19.1. The molecule has 0 saturated carbocycles. The molecular weight excluding hydrogens is 165 g/mol. The fraction of sp³-hybridized carbons (Fsp3) is 0.455. The molecule has 1 heterocycles. The second-order valence-corrected chi connectivity index (χ2v) is 3.80. The van der Waals surface area contributed by atoms with Crippen molar-refractivity contribution in [2.75, 3.05) is 0 Å². The summed E-state index contributed by atoms with van der Waals surface area (Å²) in [5.74, 6) is 0.339. The Morgan fingerprint density at radius 1 is 1.38 bits per heavy atom. The highest BCUT2D eigenvalue weighted by molar-refractivity contribution is 5.33. The molecular formula is C11H14FN. The molecule has 1 aromatic rings. The van der Waals surface area contributed by atoms with Gasteiger partial charge in [0.1, 0.15) is 5.82 Å². The molecule has 1 aliphatic rings. The lowest BCUT2D eigenvalue weighted by Crippen LogP contribution is -2.35. The number of rotatable bonds is 0. The first kappa shape index (κ1) is 8.70. The largest absolute Gasteiger partial charge is 0.310 e. The van der Waals surface area contributed by atoms with E-state index in [0.29, 0.717) is 12.0 Å². The first-order valence-electron chi connectivity index (χ1n) is 4.70. The van der Waals surface area contributed by atoms with Crippen molar-refractivity contribution in [1.82, 2.24) is 5.32 Å². The fourth-order valence-corrected chi connectivity index (χ4v) is 1.89. The Balaban J connectivity index is 2.44. The second-order valence-electron chi connectivity index (χ2n) is 3.80. The lowest BCUT2D eigenvalue weighted by atomic mass is 9.87. The van der Waals surface area contributed by atoms with Crippen LogP contribution < -0.4 is 5.32 Å². The summed E-state index contributed by atoms with van der Waals surface area (Å²) >= 11 is 0. The standard InChI is InChI=1S/C11H14FN/c1-7-8(2)13-6-9-5-10(12)3-4-11(7)9/h3-5,7-8,13H,6H2,1-2H3. The summed E-state index contributed by atoms with van der Waals surface area (Å²) in [4.78, 5) is 0. The molecule has 0 aromatic heterocycles. The Bertz CT molecular complexity index is 322. The Hall–Kier alpha value is -0.890. The predicted molar refractivity (Wildman–Crippen MR) is 51.1 cm³/mol. The number of nitrogens with one attached hydrogen (secondary N) is 1. The smallest absolute Gasteiger partial charge is 0.123 e. The van der Waals surface area contributed by atoms with Gasteiger partial charge < -0.3 is 5.32 Å². The van der Waals surface area contributed by atoms with Gasteiger partial charge in [0, 0.05) is 12.6 Å². The van der Waals surface area contributed by atoms with Gasteiger partial charge in [0.2, 0.25) is 0 Å². The highest BCUT2D eigenvalue weighted by Crippen LogP contribution is 2.27. The molecule has 2 unspecified atom stereocenters. The third kappa shape index (κ3) is 1.46. The van der Waals surface area contributed by atoms with Crippen LogP contribution in [0.25, 0.3) is 0 Å². The lowest BCUT2D eigenvalue weighted by Gasteiger charge is -2.29. The minimum atomic E-state index is -0.137. The second kappa shape index (κ2) is 3.11. The molecule has 0 fully saturated rings. The van der Waals surface area contributed by atoms with Crippen molar-refractivity contribution in [3.63, 3.8) is 0 Å². The van der Waals surface area contributed by atoms with E-state index in [1.165, 1.54) is 5.56 Å². The Kier molecular flexibility index (Phi) is 2.08. The minimum absolute atomic E-state index is 0.137. The van der Waals surface area contributed by atoms with E-state index in [4.69, 9.17) is 0 Å². The summed E-state index contributed by atoms with van der Waals surface area (Å²) in [5.41, 5.74) is 2.39. The van der Waals surface area contributed by atoms with E-state index in [9.17, 15) is 4.39 Å². The molecule has 1 N–H and O–H groups in total. The average molecular weight is 179 g/mol. The van der Waals surface area contributed by atoms with Crippen LogP contribution in [0.5, 0.6) is 0 Å². The summed E-state index contributed by atoms with van der Waals surface area (Å²) in [6, 6.07) is 5.57. The summed E-state index contributed by atoms with van der Waals surface area (Å²) in [6.45, 7) is 5.13. The monoisotopic (exact) mass is 179 g/mol. The van der Waals surface area contributed by atoms with Gasteiger partial charge in [-0.3, -0.25) is 0 Å². The molecule has 0 saturated heterocycles. The first-order valence-corrected chi connectivity index (χ1v) is 4.70. The van der Waals surface area contributed by atoms with E-state index in [1.54, 1.807) is 12.1 Å². The van der Waals surface area contributed by atoms with E-state index in [2.05, 4.69) is 19.2 Å². The summed E-state index contributed by atoms with van der Waals surface area (Å²) in [7, 11) is 0. The van der Waals surface area contributed by atoms with Gasteiger partial charge in [0.15, 0.2) is 0 Å². The van der Waals surface area contributed by atoms with Crippen LogP contribution in [-0.4, -0.2) is 6.04 Å². The van der Waals surface area contributed by atoms with E-state index in [0.717, 1.165) is 12.1 Å². The highest BCUT2D eigenvalue weighted by Gasteiger charge is 2.21. The van der Waals surface area contributed by atoms with E-state index in [-0.39, 0.29) is 5.82 Å². The molecule has 2 rings (SSSR count).